The average Bonchev–Trinajstić information content (AvgIpc) is 2.37. The van der Waals surface area contributed by atoms with Crippen molar-refractivity contribution in [3.63, 3.8) is 0 Å². The molecule has 0 saturated carbocycles. The monoisotopic (exact) mass is 243 g/mol. The molecule has 1 fully saturated rings. The van der Waals surface area contributed by atoms with E-state index in [2.05, 4.69) is 10.6 Å². The van der Waals surface area contributed by atoms with Crippen molar-refractivity contribution >= 4 is 11.9 Å². The minimum atomic E-state index is -0.389. The molecule has 6 heteroatoms. The van der Waals surface area contributed by atoms with Gasteiger partial charge in [-0.1, -0.05) is 0 Å². The van der Waals surface area contributed by atoms with Gasteiger partial charge in [0, 0.05) is 26.7 Å². The zero-order valence-electron chi connectivity index (χ0n) is 10.7. The summed E-state index contributed by atoms with van der Waals surface area (Å²) < 4.78 is 4.99. The van der Waals surface area contributed by atoms with Gasteiger partial charge < -0.3 is 15.4 Å². The summed E-state index contributed by atoms with van der Waals surface area (Å²) in [4.78, 5) is 25.3. The molecule has 0 aromatic heterocycles. The Kier molecular flexibility index (Phi) is 5.37. The topological polar surface area (TPSA) is 70.7 Å². The summed E-state index contributed by atoms with van der Waals surface area (Å²) in [6, 6.07) is -0.701. The van der Waals surface area contributed by atoms with Crippen LogP contribution in [-0.4, -0.2) is 62.1 Å². The fourth-order valence-electron chi connectivity index (χ4n) is 1.99. The van der Waals surface area contributed by atoms with E-state index >= 15 is 0 Å². The Labute approximate surface area is 102 Å². The van der Waals surface area contributed by atoms with Crippen LogP contribution >= 0.6 is 0 Å². The lowest BCUT2D eigenvalue weighted by atomic mass is 10.1. The molecule has 1 aliphatic heterocycles. The van der Waals surface area contributed by atoms with Crippen molar-refractivity contribution in [2.24, 2.45) is 0 Å². The lowest BCUT2D eigenvalue weighted by Crippen LogP contribution is -2.61. The molecule has 0 bridgehead atoms. The van der Waals surface area contributed by atoms with Crippen molar-refractivity contribution in [3.05, 3.63) is 0 Å². The SMILES string of the molecule is CCOC(=O)C(C)N1CCNCC1C(=O)NC. The predicted octanol–water partition coefficient (Wildman–Crippen LogP) is -1.04. The maximum absolute atomic E-state index is 11.7. The lowest BCUT2D eigenvalue weighted by Gasteiger charge is -2.37. The van der Waals surface area contributed by atoms with Crippen LogP contribution in [0.15, 0.2) is 0 Å². The normalized spacial score (nSPS) is 22.9. The molecular weight excluding hydrogens is 222 g/mol. The van der Waals surface area contributed by atoms with E-state index in [1.165, 1.54) is 0 Å². The van der Waals surface area contributed by atoms with Gasteiger partial charge in [0.15, 0.2) is 0 Å². The van der Waals surface area contributed by atoms with Gasteiger partial charge in [-0.25, -0.2) is 0 Å². The first-order valence-corrected chi connectivity index (χ1v) is 5.96. The minimum Gasteiger partial charge on any atom is -0.465 e. The summed E-state index contributed by atoms with van der Waals surface area (Å²) >= 11 is 0. The second-order valence-corrected chi connectivity index (χ2v) is 4.00. The molecule has 2 unspecified atom stereocenters. The number of piperazine rings is 1. The van der Waals surface area contributed by atoms with Crippen LogP contribution in [0.1, 0.15) is 13.8 Å². The number of rotatable bonds is 4. The number of nitrogens with one attached hydrogen (secondary N) is 2. The molecule has 1 aliphatic rings. The molecule has 98 valence electrons. The Morgan fingerprint density at radius 3 is 2.88 bits per heavy atom. The van der Waals surface area contributed by atoms with Crippen molar-refractivity contribution < 1.29 is 14.3 Å². The second kappa shape index (κ2) is 6.56. The van der Waals surface area contributed by atoms with E-state index in [-0.39, 0.29) is 24.0 Å². The summed E-state index contributed by atoms with van der Waals surface area (Å²) in [6.45, 7) is 5.91. The number of carbonyl (C=O) groups excluding carboxylic acids is 2. The minimum absolute atomic E-state index is 0.0756. The third-order valence-corrected chi connectivity index (χ3v) is 2.96. The van der Waals surface area contributed by atoms with Crippen molar-refractivity contribution in [3.8, 4) is 0 Å². The predicted molar refractivity (Wildman–Crippen MR) is 63.5 cm³/mol. The van der Waals surface area contributed by atoms with Gasteiger partial charge in [-0.05, 0) is 13.8 Å². The van der Waals surface area contributed by atoms with E-state index in [1.54, 1.807) is 20.9 Å². The van der Waals surface area contributed by atoms with E-state index in [1.807, 2.05) is 4.90 Å². The zero-order valence-corrected chi connectivity index (χ0v) is 10.7. The van der Waals surface area contributed by atoms with Crippen LogP contribution in [0.4, 0.5) is 0 Å². The number of ether oxygens (including phenoxy) is 1. The number of nitrogens with zero attached hydrogens (tertiary/aromatic N) is 1. The Balaban J connectivity index is 2.70. The van der Waals surface area contributed by atoms with Crippen molar-refractivity contribution in [2.45, 2.75) is 25.9 Å². The number of carbonyl (C=O) groups is 2. The smallest absolute Gasteiger partial charge is 0.323 e. The van der Waals surface area contributed by atoms with E-state index in [9.17, 15) is 9.59 Å². The molecule has 6 nitrogen and oxygen atoms in total. The molecule has 2 N–H and O–H groups in total. The van der Waals surface area contributed by atoms with E-state index < -0.39 is 0 Å². The van der Waals surface area contributed by atoms with Gasteiger partial charge in [0.05, 0.1) is 6.61 Å². The summed E-state index contributed by atoms with van der Waals surface area (Å²) in [6.07, 6.45) is 0. The maximum Gasteiger partial charge on any atom is 0.323 e. The number of hydrogen-bond donors (Lipinski definition) is 2. The second-order valence-electron chi connectivity index (χ2n) is 4.00. The third-order valence-electron chi connectivity index (χ3n) is 2.96. The molecule has 0 aliphatic carbocycles. The molecule has 0 radical (unpaired) electrons. The fraction of sp³-hybridized carbons (Fsp3) is 0.818. The molecule has 1 rings (SSSR count). The lowest BCUT2D eigenvalue weighted by molar-refractivity contribution is -0.151. The van der Waals surface area contributed by atoms with E-state index in [0.29, 0.717) is 19.7 Å². The Bertz CT molecular complexity index is 283. The third kappa shape index (κ3) is 3.41. The summed E-state index contributed by atoms with van der Waals surface area (Å²) in [5.74, 6) is -0.350. The summed E-state index contributed by atoms with van der Waals surface area (Å²) in [5.41, 5.74) is 0. The molecule has 1 heterocycles. The number of esters is 1. The molecule has 2 atom stereocenters. The first-order valence-electron chi connectivity index (χ1n) is 5.96. The summed E-state index contributed by atoms with van der Waals surface area (Å²) in [5, 5.41) is 5.77. The van der Waals surface area contributed by atoms with Crippen LogP contribution in [0.2, 0.25) is 0 Å². The Morgan fingerprint density at radius 2 is 2.29 bits per heavy atom. The van der Waals surface area contributed by atoms with Crippen LogP contribution in [0.5, 0.6) is 0 Å². The summed E-state index contributed by atoms with van der Waals surface area (Å²) in [7, 11) is 1.60. The fourth-order valence-corrected chi connectivity index (χ4v) is 1.99. The van der Waals surface area contributed by atoms with Crippen LogP contribution < -0.4 is 10.6 Å². The van der Waals surface area contributed by atoms with Gasteiger partial charge in [-0.2, -0.15) is 0 Å². The van der Waals surface area contributed by atoms with Crippen LogP contribution in [0, 0.1) is 0 Å². The molecule has 17 heavy (non-hydrogen) atoms. The van der Waals surface area contributed by atoms with E-state index in [0.717, 1.165) is 6.54 Å². The average molecular weight is 243 g/mol. The number of amides is 1. The van der Waals surface area contributed by atoms with Crippen LogP contribution in [0.25, 0.3) is 0 Å². The number of likely N-dealkylation sites (N-methyl/N-ethyl adjacent to an activating group) is 1. The van der Waals surface area contributed by atoms with Crippen molar-refractivity contribution in [2.75, 3.05) is 33.3 Å². The van der Waals surface area contributed by atoms with Gasteiger partial charge in [0.25, 0.3) is 0 Å². The van der Waals surface area contributed by atoms with Gasteiger partial charge in [-0.3, -0.25) is 14.5 Å². The van der Waals surface area contributed by atoms with Gasteiger partial charge in [0.1, 0.15) is 12.1 Å². The highest BCUT2D eigenvalue weighted by Crippen LogP contribution is 2.10. The molecule has 1 amide bonds. The van der Waals surface area contributed by atoms with Gasteiger partial charge in [0.2, 0.25) is 5.91 Å². The highest BCUT2D eigenvalue weighted by molar-refractivity contribution is 5.83. The standard InChI is InChI=1S/C11H21N3O3/c1-4-17-11(16)8(2)14-6-5-13-7-9(14)10(15)12-3/h8-9,13H,4-7H2,1-3H3,(H,12,15). The van der Waals surface area contributed by atoms with Crippen molar-refractivity contribution in [1.82, 2.24) is 15.5 Å². The van der Waals surface area contributed by atoms with Gasteiger partial charge in [-0.15, -0.1) is 0 Å². The molecule has 1 saturated heterocycles. The molecule has 0 aromatic carbocycles. The van der Waals surface area contributed by atoms with Gasteiger partial charge >= 0.3 is 5.97 Å². The maximum atomic E-state index is 11.7. The van der Waals surface area contributed by atoms with Crippen LogP contribution in [-0.2, 0) is 14.3 Å². The quantitative estimate of drug-likeness (QED) is 0.617. The molecular formula is C11H21N3O3. The zero-order chi connectivity index (χ0) is 12.8. The molecule has 0 spiro atoms. The van der Waals surface area contributed by atoms with Crippen LogP contribution in [0.3, 0.4) is 0 Å². The first-order chi connectivity index (χ1) is 8.11. The molecule has 0 aromatic rings. The first kappa shape index (κ1) is 13.9. The number of hydrogen-bond acceptors (Lipinski definition) is 5. The highest BCUT2D eigenvalue weighted by Gasteiger charge is 2.34. The Morgan fingerprint density at radius 1 is 1.59 bits per heavy atom. The largest absolute Gasteiger partial charge is 0.465 e. The Hall–Kier alpha value is -1.14. The highest BCUT2D eigenvalue weighted by atomic mass is 16.5. The van der Waals surface area contributed by atoms with Crippen molar-refractivity contribution in [1.29, 1.82) is 0 Å². The van der Waals surface area contributed by atoms with E-state index in [4.69, 9.17) is 4.74 Å².